The summed E-state index contributed by atoms with van der Waals surface area (Å²) in [4.78, 5) is 16.5. The number of hydrogen-bond acceptors (Lipinski definition) is 5. The van der Waals surface area contributed by atoms with Crippen LogP contribution in [-0.2, 0) is 0 Å². The molecule has 0 atom stereocenters. The minimum atomic E-state index is -0.182. The molecular formula is C19H16N2O4. The minimum absolute atomic E-state index is 0.182. The number of nitrogens with one attached hydrogen (secondary N) is 1. The molecule has 0 unspecified atom stereocenters. The second kappa shape index (κ2) is 6.68. The molecule has 0 aliphatic carbocycles. The molecule has 0 radical (unpaired) electrons. The highest BCUT2D eigenvalue weighted by Gasteiger charge is 2.16. The monoisotopic (exact) mass is 336 g/mol. The van der Waals surface area contributed by atoms with E-state index in [-0.39, 0.29) is 12.7 Å². The van der Waals surface area contributed by atoms with Crippen molar-refractivity contribution in [2.75, 3.05) is 19.9 Å². The maximum Gasteiger partial charge on any atom is 0.251 e. The molecule has 6 nitrogen and oxygen atoms in total. The fourth-order valence-electron chi connectivity index (χ4n) is 2.66. The summed E-state index contributed by atoms with van der Waals surface area (Å²) < 4.78 is 16.3. The molecule has 1 N–H and O–H groups in total. The molecule has 2 aromatic carbocycles. The normalized spacial score (nSPS) is 12.2. The highest BCUT2D eigenvalue weighted by molar-refractivity contribution is 5.94. The fraction of sp³-hybridized carbons (Fsp3) is 0.158. The van der Waals surface area contributed by atoms with Gasteiger partial charge in [0.2, 0.25) is 6.79 Å². The van der Waals surface area contributed by atoms with E-state index in [0.29, 0.717) is 36.0 Å². The third-order valence-corrected chi connectivity index (χ3v) is 3.88. The molecule has 1 aliphatic heterocycles. The van der Waals surface area contributed by atoms with Crippen LogP contribution >= 0.6 is 0 Å². The maximum absolute atomic E-state index is 12.2. The molecule has 0 spiro atoms. The molecule has 1 aromatic heterocycles. The van der Waals surface area contributed by atoms with Gasteiger partial charge in [-0.2, -0.15) is 0 Å². The Bertz CT molecular complexity index is 921. The van der Waals surface area contributed by atoms with Crippen LogP contribution in [0.1, 0.15) is 10.4 Å². The summed E-state index contributed by atoms with van der Waals surface area (Å²) in [5.74, 6) is 1.77. The van der Waals surface area contributed by atoms with Gasteiger partial charge in [-0.05, 0) is 30.3 Å². The van der Waals surface area contributed by atoms with Gasteiger partial charge in [0.1, 0.15) is 17.9 Å². The number of aromatic nitrogens is 1. The van der Waals surface area contributed by atoms with E-state index in [1.54, 1.807) is 24.4 Å². The lowest BCUT2D eigenvalue weighted by molar-refractivity contribution is 0.0946. The molecule has 3 aromatic rings. The Morgan fingerprint density at radius 3 is 2.96 bits per heavy atom. The first kappa shape index (κ1) is 15.3. The van der Waals surface area contributed by atoms with Crippen LogP contribution < -0.4 is 19.5 Å². The van der Waals surface area contributed by atoms with Gasteiger partial charge in [-0.1, -0.05) is 18.2 Å². The van der Waals surface area contributed by atoms with E-state index in [1.807, 2.05) is 30.3 Å². The number of amides is 1. The minimum Gasteiger partial charge on any atom is -0.489 e. The summed E-state index contributed by atoms with van der Waals surface area (Å²) in [5.41, 5.74) is 1.34. The molecular weight excluding hydrogens is 320 g/mol. The van der Waals surface area contributed by atoms with Crippen molar-refractivity contribution in [3.63, 3.8) is 0 Å². The summed E-state index contributed by atoms with van der Waals surface area (Å²) >= 11 is 0. The lowest BCUT2D eigenvalue weighted by Crippen LogP contribution is -2.28. The Morgan fingerprint density at radius 2 is 2.00 bits per heavy atom. The van der Waals surface area contributed by atoms with Gasteiger partial charge in [-0.15, -0.1) is 0 Å². The number of rotatable bonds is 5. The van der Waals surface area contributed by atoms with E-state index >= 15 is 0 Å². The van der Waals surface area contributed by atoms with Crippen LogP contribution in [-0.4, -0.2) is 30.8 Å². The molecule has 0 saturated heterocycles. The first-order valence-corrected chi connectivity index (χ1v) is 7.96. The molecule has 2 heterocycles. The Hall–Kier alpha value is -3.28. The van der Waals surface area contributed by atoms with Gasteiger partial charge in [-0.25, -0.2) is 0 Å². The van der Waals surface area contributed by atoms with E-state index in [1.165, 1.54) is 0 Å². The SMILES string of the molecule is O=C(NCCOc1cccc2cccnc12)c1ccc2c(c1)OCO2. The zero-order chi connectivity index (χ0) is 17.1. The molecule has 0 fully saturated rings. The van der Waals surface area contributed by atoms with Gasteiger partial charge in [-0.3, -0.25) is 9.78 Å². The fourth-order valence-corrected chi connectivity index (χ4v) is 2.66. The van der Waals surface area contributed by atoms with Crippen LogP contribution in [0.15, 0.2) is 54.7 Å². The number of nitrogens with zero attached hydrogens (tertiary/aromatic N) is 1. The van der Waals surface area contributed by atoms with Crippen LogP contribution in [0.5, 0.6) is 17.2 Å². The second-order valence-electron chi connectivity index (χ2n) is 5.50. The number of ether oxygens (including phenoxy) is 3. The molecule has 25 heavy (non-hydrogen) atoms. The largest absolute Gasteiger partial charge is 0.489 e. The standard InChI is InChI=1S/C19H16N2O4/c22-19(14-6-7-15-17(11-14)25-12-24-15)21-9-10-23-16-5-1-3-13-4-2-8-20-18(13)16/h1-8,11H,9-10,12H2,(H,21,22). The summed E-state index contributed by atoms with van der Waals surface area (Å²) in [5, 5.41) is 3.85. The van der Waals surface area contributed by atoms with Gasteiger partial charge in [0, 0.05) is 17.1 Å². The first-order valence-electron chi connectivity index (χ1n) is 7.96. The van der Waals surface area contributed by atoms with Crippen LogP contribution in [0, 0.1) is 0 Å². The number of fused-ring (bicyclic) bond motifs is 2. The number of pyridine rings is 1. The molecule has 1 aliphatic rings. The summed E-state index contributed by atoms with van der Waals surface area (Å²) in [7, 11) is 0. The average molecular weight is 336 g/mol. The van der Waals surface area contributed by atoms with Gasteiger partial charge in [0.15, 0.2) is 11.5 Å². The Labute approximate surface area is 144 Å². The van der Waals surface area contributed by atoms with Crippen LogP contribution in [0.3, 0.4) is 0 Å². The van der Waals surface area contributed by atoms with E-state index in [2.05, 4.69) is 10.3 Å². The van der Waals surface area contributed by atoms with Crippen molar-refractivity contribution in [1.29, 1.82) is 0 Å². The molecule has 1 amide bonds. The molecule has 0 bridgehead atoms. The van der Waals surface area contributed by atoms with Crippen LogP contribution in [0.2, 0.25) is 0 Å². The first-order chi connectivity index (χ1) is 12.3. The Morgan fingerprint density at radius 1 is 1.12 bits per heavy atom. The number of carbonyl (C=O) groups excluding carboxylic acids is 1. The van der Waals surface area contributed by atoms with E-state index in [0.717, 1.165) is 10.9 Å². The van der Waals surface area contributed by atoms with E-state index < -0.39 is 0 Å². The maximum atomic E-state index is 12.2. The highest BCUT2D eigenvalue weighted by Crippen LogP contribution is 2.32. The number of para-hydroxylation sites is 1. The van der Waals surface area contributed by atoms with Crippen molar-refractivity contribution in [2.24, 2.45) is 0 Å². The van der Waals surface area contributed by atoms with E-state index in [4.69, 9.17) is 14.2 Å². The number of carbonyl (C=O) groups is 1. The molecule has 0 saturated carbocycles. The summed E-state index contributed by atoms with van der Waals surface area (Å²) in [6.45, 7) is 0.926. The zero-order valence-electron chi connectivity index (χ0n) is 13.4. The zero-order valence-corrected chi connectivity index (χ0v) is 13.4. The third kappa shape index (κ3) is 3.19. The molecule has 6 heteroatoms. The Balaban J connectivity index is 1.34. The number of hydrogen-bond donors (Lipinski definition) is 1. The van der Waals surface area contributed by atoms with Crippen molar-refractivity contribution in [2.45, 2.75) is 0 Å². The van der Waals surface area contributed by atoms with Crippen LogP contribution in [0.4, 0.5) is 0 Å². The average Bonchev–Trinajstić information content (AvgIpc) is 3.13. The quantitative estimate of drug-likeness (QED) is 0.726. The second-order valence-corrected chi connectivity index (χ2v) is 5.50. The van der Waals surface area contributed by atoms with Crippen LogP contribution in [0.25, 0.3) is 10.9 Å². The lowest BCUT2D eigenvalue weighted by Gasteiger charge is -2.10. The smallest absolute Gasteiger partial charge is 0.251 e. The topological polar surface area (TPSA) is 69.7 Å². The summed E-state index contributed by atoms with van der Waals surface area (Å²) in [6, 6.07) is 14.8. The van der Waals surface area contributed by atoms with Crippen molar-refractivity contribution in [3.8, 4) is 17.2 Å². The third-order valence-electron chi connectivity index (χ3n) is 3.88. The lowest BCUT2D eigenvalue weighted by atomic mass is 10.2. The van der Waals surface area contributed by atoms with Gasteiger partial charge in [0.05, 0.1) is 6.54 Å². The van der Waals surface area contributed by atoms with Gasteiger partial charge >= 0.3 is 0 Å². The highest BCUT2D eigenvalue weighted by atomic mass is 16.7. The molecule has 4 rings (SSSR count). The van der Waals surface area contributed by atoms with Crippen molar-refractivity contribution >= 4 is 16.8 Å². The van der Waals surface area contributed by atoms with Crippen molar-refractivity contribution in [1.82, 2.24) is 10.3 Å². The van der Waals surface area contributed by atoms with Crippen molar-refractivity contribution < 1.29 is 19.0 Å². The predicted molar refractivity (Wildman–Crippen MR) is 92.1 cm³/mol. The van der Waals surface area contributed by atoms with Crippen molar-refractivity contribution in [3.05, 3.63) is 60.3 Å². The predicted octanol–water partition coefficient (Wildman–Crippen LogP) is 2.77. The molecule has 126 valence electrons. The van der Waals surface area contributed by atoms with Gasteiger partial charge in [0.25, 0.3) is 5.91 Å². The summed E-state index contributed by atoms with van der Waals surface area (Å²) in [6.07, 6.45) is 1.73. The van der Waals surface area contributed by atoms with Gasteiger partial charge < -0.3 is 19.5 Å². The Kier molecular flexibility index (Phi) is 4.08. The number of benzene rings is 2. The van der Waals surface area contributed by atoms with E-state index in [9.17, 15) is 4.79 Å².